The third-order valence-corrected chi connectivity index (χ3v) is 1.92. The Balaban J connectivity index is 3.15. The highest BCUT2D eigenvalue weighted by molar-refractivity contribution is 5.75. The minimum atomic E-state index is 0.0491. The second-order valence-electron chi connectivity index (χ2n) is 3.21. The molecule has 0 atom stereocenters. The number of nitrogens with one attached hydrogen (secondary N) is 1. The molecule has 0 bridgehead atoms. The molecular weight excluding hydrogens is 178 g/mol. The lowest BCUT2D eigenvalue weighted by molar-refractivity contribution is -0.121. The van der Waals surface area contributed by atoms with Crippen LogP contribution in [0.4, 0.5) is 0 Å². The molecule has 0 aromatic heterocycles. The second-order valence-corrected chi connectivity index (χ2v) is 3.21. The van der Waals surface area contributed by atoms with Crippen LogP contribution in [0.25, 0.3) is 0 Å². The highest BCUT2D eigenvalue weighted by Gasteiger charge is 1.99. The van der Waals surface area contributed by atoms with Crippen molar-refractivity contribution in [3.63, 3.8) is 0 Å². The van der Waals surface area contributed by atoms with Crippen LogP contribution in [-0.4, -0.2) is 19.0 Å². The summed E-state index contributed by atoms with van der Waals surface area (Å²) in [5.41, 5.74) is 5.34. The molecule has 0 aliphatic carbocycles. The van der Waals surface area contributed by atoms with Gasteiger partial charge in [0.1, 0.15) is 0 Å². The molecule has 0 aromatic carbocycles. The Morgan fingerprint density at radius 3 is 2.64 bits per heavy atom. The van der Waals surface area contributed by atoms with Crippen LogP contribution in [0.3, 0.4) is 0 Å². The third kappa shape index (κ3) is 9.01. The van der Waals surface area contributed by atoms with Crippen LogP contribution in [0.2, 0.25) is 0 Å². The van der Waals surface area contributed by atoms with E-state index in [1.165, 1.54) is 0 Å². The van der Waals surface area contributed by atoms with Crippen LogP contribution in [0.15, 0.2) is 0 Å². The summed E-state index contributed by atoms with van der Waals surface area (Å²) in [7, 11) is 0. The molecule has 80 valence electrons. The van der Waals surface area contributed by atoms with Crippen molar-refractivity contribution in [1.29, 1.82) is 5.26 Å². The summed E-state index contributed by atoms with van der Waals surface area (Å²) in [5.74, 6) is 0.0491. The first-order valence-corrected chi connectivity index (χ1v) is 5.15. The topological polar surface area (TPSA) is 78.9 Å². The van der Waals surface area contributed by atoms with Gasteiger partial charge in [0.05, 0.1) is 12.5 Å². The summed E-state index contributed by atoms with van der Waals surface area (Å²) in [6.45, 7) is 1.20. The van der Waals surface area contributed by atoms with Crippen molar-refractivity contribution in [2.75, 3.05) is 13.1 Å². The second kappa shape index (κ2) is 10.0. The van der Waals surface area contributed by atoms with Crippen molar-refractivity contribution >= 4 is 5.91 Å². The van der Waals surface area contributed by atoms with Gasteiger partial charge in [-0.2, -0.15) is 5.26 Å². The van der Waals surface area contributed by atoms with Gasteiger partial charge in [0.15, 0.2) is 0 Å². The van der Waals surface area contributed by atoms with Gasteiger partial charge in [-0.15, -0.1) is 0 Å². The molecule has 0 unspecified atom stereocenters. The lowest BCUT2D eigenvalue weighted by Gasteiger charge is -2.02. The number of carbonyl (C=O) groups excluding carboxylic acids is 1. The molecule has 0 spiro atoms. The molecule has 3 N–H and O–H groups in total. The number of amides is 1. The van der Waals surface area contributed by atoms with Gasteiger partial charge in [-0.05, 0) is 19.4 Å². The Bertz CT molecular complexity index is 186. The molecule has 0 aliphatic heterocycles. The quantitative estimate of drug-likeness (QED) is 0.568. The van der Waals surface area contributed by atoms with Gasteiger partial charge in [0, 0.05) is 13.0 Å². The van der Waals surface area contributed by atoms with E-state index in [2.05, 4.69) is 5.32 Å². The minimum Gasteiger partial charge on any atom is -0.355 e. The van der Waals surface area contributed by atoms with Crippen LogP contribution >= 0.6 is 0 Å². The summed E-state index contributed by atoms with van der Waals surface area (Å²) in [6, 6.07) is 1.98. The van der Waals surface area contributed by atoms with Crippen molar-refractivity contribution in [3.05, 3.63) is 0 Å². The first kappa shape index (κ1) is 12.9. The highest BCUT2D eigenvalue weighted by atomic mass is 16.1. The van der Waals surface area contributed by atoms with Crippen molar-refractivity contribution in [3.8, 4) is 6.07 Å². The number of hydrogen-bond acceptors (Lipinski definition) is 3. The molecule has 0 saturated carbocycles. The molecule has 0 heterocycles. The van der Waals surface area contributed by atoms with Crippen LogP contribution in [0, 0.1) is 11.3 Å². The van der Waals surface area contributed by atoms with Gasteiger partial charge in [-0.25, -0.2) is 0 Å². The number of hydrogen-bond donors (Lipinski definition) is 2. The fourth-order valence-corrected chi connectivity index (χ4v) is 1.13. The van der Waals surface area contributed by atoms with Gasteiger partial charge in [0.2, 0.25) is 5.91 Å². The van der Waals surface area contributed by atoms with Crippen LogP contribution in [0.1, 0.15) is 38.5 Å². The SMILES string of the molecule is N#CCCNC(=O)CCCCCCN. The van der Waals surface area contributed by atoms with E-state index in [1.807, 2.05) is 6.07 Å². The Morgan fingerprint density at radius 2 is 2.00 bits per heavy atom. The Morgan fingerprint density at radius 1 is 1.29 bits per heavy atom. The van der Waals surface area contributed by atoms with Crippen LogP contribution in [-0.2, 0) is 4.79 Å². The number of nitriles is 1. The van der Waals surface area contributed by atoms with Crippen molar-refractivity contribution in [1.82, 2.24) is 5.32 Å². The summed E-state index contributed by atoms with van der Waals surface area (Å²) >= 11 is 0. The summed E-state index contributed by atoms with van der Waals surface area (Å²) < 4.78 is 0. The number of rotatable bonds is 8. The zero-order valence-corrected chi connectivity index (χ0v) is 8.59. The van der Waals surface area contributed by atoms with E-state index in [0.29, 0.717) is 19.4 Å². The monoisotopic (exact) mass is 197 g/mol. The molecule has 0 aliphatic rings. The maximum atomic E-state index is 11.1. The zero-order chi connectivity index (χ0) is 10.6. The van der Waals surface area contributed by atoms with E-state index < -0.39 is 0 Å². The average Bonchev–Trinajstić information content (AvgIpc) is 2.18. The summed E-state index contributed by atoms with van der Waals surface area (Å²) in [4.78, 5) is 11.1. The fourth-order valence-electron chi connectivity index (χ4n) is 1.13. The van der Waals surface area contributed by atoms with E-state index in [9.17, 15) is 4.79 Å². The van der Waals surface area contributed by atoms with E-state index in [0.717, 1.165) is 32.2 Å². The van der Waals surface area contributed by atoms with Crippen molar-refractivity contribution in [2.45, 2.75) is 38.5 Å². The molecule has 4 nitrogen and oxygen atoms in total. The normalized spacial score (nSPS) is 9.43. The largest absolute Gasteiger partial charge is 0.355 e. The van der Waals surface area contributed by atoms with Gasteiger partial charge in [-0.1, -0.05) is 12.8 Å². The Hall–Kier alpha value is -1.08. The third-order valence-electron chi connectivity index (χ3n) is 1.92. The van der Waals surface area contributed by atoms with Crippen molar-refractivity contribution < 1.29 is 4.79 Å². The molecule has 0 saturated heterocycles. The molecular formula is C10H19N3O. The number of nitrogens with two attached hydrogens (primary N) is 1. The smallest absolute Gasteiger partial charge is 0.220 e. The lowest BCUT2D eigenvalue weighted by Crippen LogP contribution is -2.23. The Kier molecular flexibility index (Phi) is 9.23. The van der Waals surface area contributed by atoms with Gasteiger partial charge < -0.3 is 11.1 Å². The molecule has 14 heavy (non-hydrogen) atoms. The maximum absolute atomic E-state index is 11.1. The van der Waals surface area contributed by atoms with Gasteiger partial charge in [0.25, 0.3) is 0 Å². The minimum absolute atomic E-state index is 0.0491. The van der Waals surface area contributed by atoms with E-state index in [1.54, 1.807) is 0 Å². The summed E-state index contributed by atoms with van der Waals surface area (Å²) in [5, 5.41) is 10.9. The predicted molar refractivity (Wildman–Crippen MR) is 55.4 cm³/mol. The average molecular weight is 197 g/mol. The first-order chi connectivity index (χ1) is 6.81. The molecule has 1 amide bonds. The lowest BCUT2D eigenvalue weighted by atomic mass is 10.1. The molecule has 0 radical (unpaired) electrons. The van der Waals surface area contributed by atoms with Crippen LogP contribution < -0.4 is 11.1 Å². The standard InChI is InChI=1S/C10H19N3O/c11-7-4-2-1-3-6-10(14)13-9-5-8-12/h1-7,9,11H2,(H,13,14). The fraction of sp³-hybridized carbons (Fsp3) is 0.800. The van der Waals surface area contributed by atoms with Gasteiger partial charge in [-0.3, -0.25) is 4.79 Å². The van der Waals surface area contributed by atoms with Gasteiger partial charge >= 0.3 is 0 Å². The molecule has 4 heteroatoms. The van der Waals surface area contributed by atoms with Crippen molar-refractivity contribution in [2.24, 2.45) is 5.73 Å². The van der Waals surface area contributed by atoms with Crippen LogP contribution in [0.5, 0.6) is 0 Å². The first-order valence-electron chi connectivity index (χ1n) is 5.15. The van der Waals surface area contributed by atoms with E-state index >= 15 is 0 Å². The molecule has 0 rings (SSSR count). The predicted octanol–water partition coefficient (Wildman–Crippen LogP) is 0.925. The number of unbranched alkanes of at least 4 members (excludes halogenated alkanes) is 3. The van der Waals surface area contributed by atoms with E-state index in [4.69, 9.17) is 11.0 Å². The maximum Gasteiger partial charge on any atom is 0.220 e. The highest BCUT2D eigenvalue weighted by Crippen LogP contribution is 2.01. The molecule has 0 aromatic rings. The van der Waals surface area contributed by atoms with E-state index in [-0.39, 0.29) is 5.91 Å². The summed E-state index contributed by atoms with van der Waals surface area (Å²) in [6.07, 6.45) is 5.06. The Labute approximate surface area is 85.5 Å². The number of nitrogens with zero attached hydrogens (tertiary/aromatic N) is 1. The zero-order valence-electron chi connectivity index (χ0n) is 8.59. The number of carbonyl (C=O) groups is 1. The molecule has 0 fully saturated rings.